The third kappa shape index (κ3) is 2.25. The maximum atomic E-state index is 5.36. The summed E-state index contributed by atoms with van der Waals surface area (Å²) in [6.07, 6.45) is 10.5. The van der Waals surface area contributed by atoms with Gasteiger partial charge in [0.2, 0.25) is 0 Å². The van der Waals surface area contributed by atoms with E-state index in [1.165, 1.54) is 19.3 Å². The highest BCUT2D eigenvalue weighted by molar-refractivity contribution is 5.01. The van der Waals surface area contributed by atoms with Crippen LogP contribution in [0, 0.1) is 17.8 Å². The number of hydrogen-bond donors (Lipinski definition) is 1. The molecule has 0 saturated heterocycles. The molecule has 68 valence electrons. The van der Waals surface area contributed by atoms with Crippen LogP contribution in [0.5, 0.6) is 0 Å². The van der Waals surface area contributed by atoms with Gasteiger partial charge in [0, 0.05) is 6.54 Å². The minimum absolute atomic E-state index is 0.286. The van der Waals surface area contributed by atoms with Crippen LogP contribution in [-0.2, 0) is 0 Å². The maximum absolute atomic E-state index is 5.36. The van der Waals surface area contributed by atoms with Gasteiger partial charge in [-0.25, -0.2) is 0 Å². The zero-order valence-corrected chi connectivity index (χ0v) is 8.19. The fraction of sp³-hybridized carbons (Fsp3) is 0.818. The van der Waals surface area contributed by atoms with Gasteiger partial charge < -0.3 is 5.32 Å². The van der Waals surface area contributed by atoms with E-state index in [-0.39, 0.29) is 6.04 Å². The molecular formula is C11H19N. The Balaban J connectivity index is 2.21. The van der Waals surface area contributed by atoms with Crippen molar-refractivity contribution in [2.24, 2.45) is 5.41 Å². The van der Waals surface area contributed by atoms with Crippen LogP contribution in [0.15, 0.2) is 0 Å². The van der Waals surface area contributed by atoms with Gasteiger partial charge in [0.25, 0.3) is 0 Å². The van der Waals surface area contributed by atoms with Crippen LogP contribution < -0.4 is 5.32 Å². The normalized spacial score (nSPS) is 21.4. The highest BCUT2D eigenvalue weighted by Crippen LogP contribution is 2.47. The molecule has 0 spiro atoms. The molecule has 1 atom stereocenters. The molecule has 12 heavy (non-hydrogen) atoms. The molecule has 0 aromatic heterocycles. The predicted octanol–water partition coefficient (Wildman–Crippen LogP) is 2.18. The average Bonchev–Trinajstić information content (AvgIpc) is 2.87. The highest BCUT2D eigenvalue weighted by atomic mass is 14.9. The lowest BCUT2D eigenvalue weighted by atomic mass is 10.0. The standard InChI is InChI=1S/C11H19N/c1-4-10(5-2)12-9-11(6-3)7-8-11/h1,10,12H,5-9H2,2-3H3. The quantitative estimate of drug-likeness (QED) is 0.616. The van der Waals surface area contributed by atoms with Crippen LogP contribution in [-0.4, -0.2) is 12.6 Å². The lowest BCUT2D eigenvalue weighted by molar-refractivity contribution is 0.424. The second kappa shape index (κ2) is 3.96. The first-order valence-electron chi connectivity index (χ1n) is 4.96. The number of nitrogens with one attached hydrogen (secondary N) is 1. The largest absolute Gasteiger partial charge is 0.303 e. The third-order valence-corrected chi connectivity index (χ3v) is 3.04. The SMILES string of the molecule is C#CC(CC)NCC1(CC)CC1. The molecule has 1 heteroatoms. The molecule has 0 heterocycles. The Morgan fingerprint density at radius 2 is 2.17 bits per heavy atom. The molecule has 0 aromatic rings. The molecule has 0 radical (unpaired) electrons. The van der Waals surface area contributed by atoms with Gasteiger partial charge in [-0.1, -0.05) is 19.8 Å². The molecule has 0 aromatic carbocycles. The third-order valence-electron chi connectivity index (χ3n) is 3.04. The molecule has 1 rings (SSSR count). The van der Waals surface area contributed by atoms with Crippen molar-refractivity contribution in [2.45, 2.75) is 45.6 Å². The topological polar surface area (TPSA) is 12.0 Å². The first-order valence-corrected chi connectivity index (χ1v) is 4.96. The van der Waals surface area contributed by atoms with E-state index in [2.05, 4.69) is 25.1 Å². The minimum Gasteiger partial charge on any atom is -0.303 e. The fourth-order valence-corrected chi connectivity index (χ4v) is 1.49. The Bertz CT molecular complexity index is 174. The van der Waals surface area contributed by atoms with Gasteiger partial charge in [0.05, 0.1) is 6.04 Å². The van der Waals surface area contributed by atoms with Crippen molar-refractivity contribution in [3.8, 4) is 12.3 Å². The van der Waals surface area contributed by atoms with Crippen LogP contribution in [0.25, 0.3) is 0 Å². The summed E-state index contributed by atoms with van der Waals surface area (Å²) in [5, 5.41) is 3.44. The Kier molecular flexibility index (Phi) is 3.17. The zero-order chi connectivity index (χ0) is 9.03. The summed E-state index contributed by atoms with van der Waals surface area (Å²) in [5.41, 5.74) is 0.615. The van der Waals surface area contributed by atoms with Crippen molar-refractivity contribution in [1.82, 2.24) is 5.32 Å². The molecule has 1 fully saturated rings. The van der Waals surface area contributed by atoms with E-state index in [1.54, 1.807) is 0 Å². The molecule has 0 amide bonds. The van der Waals surface area contributed by atoms with Gasteiger partial charge in [0.1, 0.15) is 0 Å². The second-order valence-corrected chi connectivity index (χ2v) is 3.86. The minimum atomic E-state index is 0.286. The van der Waals surface area contributed by atoms with Gasteiger partial charge in [-0.3, -0.25) is 0 Å². The van der Waals surface area contributed by atoms with E-state index in [1.807, 2.05) is 0 Å². The van der Waals surface area contributed by atoms with Crippen molar-refractivity contribution >= 4 is 0 Å². The Hall–Kier alpha value is -0.480. The van der Waals surface area contributed by atoms with Crippen LogP contribution in [0.1, 0.15) is 39.5 Å². The van der Waals surface area contributed by atoms with E-state index >= 15 is 0 Å². The molecule has 1 aliphatic rings. The van der Waals surface area contributed by atoms with Crippen molar-refractivity contribution in [1.29, 1.82) is 0 Å². The summed E-state index contributed by atoms with van der Waals surface area (Å²) in [5.74, 6) is 2.77. The summed E-state index contributed by atoms with van der Waals surface area (Å²) in [6, 6.07) is 0.286. The molecule has 1 N–H and O–H groups in total. The van der Waals surface area contributed by atoms with E-state index in [9.17, 15) is 0 Å². The van der Waals surface area contributed by atoms with Crippen LogP contribution in [0.2, 0.25) is 0 Å². The second-order valence-electron chi connectivity index (χ2n) is 3.86. The van der Waals surface area contributed by atoms with Crippen molar-refractivity contribution < 1.29 is 0 Å². The molecule has 1 nitrogen and oxygen atoms in total. The predicted molar refractivity (Wildman–Crippen MR) is 52.9 cm³/mol. The van der Waals surface area contributed by atoms with Gasteiger partial charge in [-0.2, -0.15) is 0 Å². The summed E-state index contributed by atoms with van der Waals surface area (Å²) in [7, 11) is 0. The van der Waals surface area contributed by atoms with Crippen molar-refractivity contribution in [2.75, 3.05) is 6.54 Å². The van der Waals surface area contributed by atoms with E-state index in [0.29, 0.717) is 5.41 Å². The van der Waals surface area contributed by atoms with Crippen LogP contribution in [0.4, 0.5) is 0 Å². The van der Waals surface area contributed by atoms with Gasteiger partial charge >= 0.3 is 0 Å². The lowest BCUT2D eigenvalue weighted by Crippen LogP contribution is -2.32. The summed E-state index contributed by atoms with van der Waals surface area (Å²) < 4.78 is 0. The lowest BCUT2D eigenvalue weighted by Gasteiger charge is -2.16. The molecule has 0 bridgehead atoms. The summed E-state index contributed by atoms with van der Waals surface area (Å²) in [4.78, 5) is 0. The highest BCUT2D eigenvalue weighted by Gasteiger charge is 2.40. The van der Waals surface area contributed by atoms with Crippen LogP contribution >= 0.6 is 0 Å². The summed E-state index contributed by atoms with van der Waals surface area (Å²) in [6.45, 7) is 5.51. The maximum Gasteiger partial charge on any atom is 0.0684 e. The molecule has 1 unspecified atom stereocenters. The van der Waals surface area contributed by atoms with Crippen LogP contribution in [0.3, 0.4) is 0 Å². The zero-order valence-electron chi connectivity index (χ0n) is 8.19. The molecule has 1 saturated carbocycles. The first-order chi connectivity index (χ1) is 5.76. The van der Waals surface area contributed by atoms with Gasteiger partial charge in [-0.15, -0.1) is 6.42 Å². The smallest absolute Gasteiger partial charge is 0.0684 e. The molecular weight excluding hydrogens is 146 g/mol. The fourth-order valence-electron chi connectivity index (χ4n) is 1.49. The van der Waals surface area contributed by atoms with Gasteiger partial charge in [-0.05, 0) is 31.1 Å². The molecule has 1 aliphatic carbocycles. The number of terminal acetylenes is 1. The monoisotopic (exact) mass is 165 g/mol. The Morgan fingerprint density at radius 3 is 2.50 bits per heavy atom. The van der Waals surface area contributed by atoms with E-state index < -0.39 is 0 Å². The van der Waals surface area contributed by atoms with Gasteiger partial charge in [0.15, 0.2) is 0 Å². The van der Waals surface area contributed by atoms with E-state index in [4.69, 9.17) is 6.42 Å². The Labute approximate surface area is 75.9 Å². The number of hydrogen-bond acceptors (Lipinski definition) is 1. The number of rotatable bonds is 5. The van der Waals surface area contributed by atoms with E-state index in [0.717, 1.165) is 13.0 Å². The van der Waals surface area contributed by atoms with Crippen molar-refractivity contribution in [3.05, 3.63) is 0 Å². The average molecular weight is 165 g/mol. The Morgan fingerprint density at radius 1 is 1.50 bits per heavy atom. The first kappa shape index (κ1) is 9.61. The van der Waals surface area contributed by atoms with Crippen molar-refractivity contribution in [3.63, 3.8) is 0 Å². The summed E-state index contributed by atoms with van der Waals surface area (Å²) >= 11 is 0. The molecule has 0 aliphatic heterocycles.